The summed E-state index contributed by atoms with van der Waals surface area (Å²) in [5.74, 6) is -0.221. The lowest BCUT2D eigenvalue weighted by Crippen LogP contribution is -2.11. The molecule has 148 valence electrons. The van der Waals surface area contributed by atoms with Crippen LogP contribution in [0.4, 0.5) is 13.9 Å². The number of alkyl halides is 2. The maximum absolute atomic E-state index is 13.2. The van der Waals surface area contributed by atoms with Crippen LogP contribution in [-0.2, 0) is 0 Å². The molecule has 1 amide bonds. The topological polar surface area (TPSA) is 72.7 Å². The van der Waals surface area contributed by atoms with Gasteiger partial charge in [0.2, 0.25) is 0 Å². The molecule has 0 aliphatic heterocycles. The highest BCUT2D eigenvalue weighted by molar-refractivity contribution is 7.19. The van der Waals surface area contributed by atoms with E-state index in [9.17, 15) is 13.6 Å². The fraction of sp³-hybridized carbons (Fsp3) is 0.158. The van der Waals surface area contributed by atoms with Crippen molar-refractivity contribution >= 4 is 33.7 Å². The van der Waals surface area contributed by atoms with Gasteiger partial charge in [0, 0.05) is 18.0 Å². The molecule has 0 fully saturated rings. The van der Waals surface area contributed by atoms with Crippen molar-refractivity contribution in [2.24, 2.45) is 0 Å². The Hall–Kier alpha value is -2.98. The third-order valence-corrected chi connectivity index (χ3v) is 6.13. The van der Waals surface area contributed by atoms with E-state index in [1.54, 1.807) is 6.92 Å². The van der Waals surface area contributed by atoms with Crippen molar-refractivity contribution in [1.82, 2.24) is 19.5 Å². The number of aromatic nitrogens is 4. The first-order valence-corrected chi connectivity index (χ1v) is 10.2. The second kappa shape index (κ2) is 7.80. The van der Waals surface area contributed by atoms with Gasteiger partial charge < -0.3 is 0 Å². The maximum Gasteiger partial charge on any atom is 0.320 e. The van der Waals surface area contributed by atoms with Crippen molar-refractivity contribution in [3.05, 3.63) is 58.3 Å². The first kappa shape index (κ1) is 19.3. The summed E-state index contributed by atoms with van der Waals surface area (Å²) in [4.78, 5) is 26.6. The molecule has 3 aromatic heterocycles. The molecular weight excluding hydrogens is 416 g/mol. The number of hydrogen-bond acceptors (Lipinski definition) is 6. The van der Waals surface area contributed by atoms with E-state index >= 15 is 0 Å². The molecule has 4 rings (SSSR count). The number of aryl methyl sites for hydroxylation is 2. The molecule has 3 heterocycles. The predicted octanol–water partition coefficient (Wildman–Crippen LogP) is 5.39. The molecule has 10 heteroatoms. The van der Waals surface area contributed by atoms with Gasteiger partial charge in [-0.2, -0.15) is 8.78 Å². The first-order chi connectivity index (χ1) is 13.9. The Morgan fingerprint density at radius 1 is 1.14 bits per heavy atom. The summed E-state index contributed by atoms with van der Waals surface area (Å²) < 4.78 is 27.1. The Bertz CT molecular complexity index is 1170. The third kappa shape index (κ3) is 3.81. The summed E-state index contributed by atoms with van der Waals surface area (Å²) in [7, 11) is 0. The smallest absolute Gasteiger partial charge is 0.297 e. The minimum Gasteiger partial charge on any atom is -0.297 e. The van der Waals surface area contributed by atoms with Gasteiger partial charge in [0.15, 0.2) is 11.0 Å². The van der Waals surface area contributed by atoms with Gasteiger partial charge in [0.25, 0.3) is 5.91 Å². The van der Waals surface area contributed by atoms with Crippen molar-refractivity contribution < 1.29 is 13.6 Å². The van der Waals surface area contributed by atoms with E-state index in [-0.39, 0.29) is 11.7 Å². The molecule has 0 saturated carbocycles. The molecule has 0 spiro atoms. The number of hydrogen-bond donors (Lipinski definition) is 1. The number of carbonyl (C=O) groups is 1. The highest BCUT2D eigenvalue weighted by atomic mass is 32.1. The van der Waals surface area contributed by atoms with E-state index in [0.717, 1.165) is 26.5 Å². The van der Waals surface area contributed by atoms with Crippen molar-refractivity contribution in [3.63, 3.8) is 0 Å². The molecule has 1 N–H and O–H groups in total. The first-order valence-electron chi connectivity index (χ1n) is 8.57. The zero-order chi connectivity index (χ0) is 20.5. The number of anilines is 1. The average molecular weight is 431 g/mol. The van der Waals surface area contributed by atoms with E-state index in [1.165, 1.54) is 23.7 Å². The van der Waals surface area contributed by atoms with Crippen LogP contribution in [0, 0.1) is 13.8 Å². The summed E-state index contributed by atoms with van der Waals surface area (Å²) in [5.41, 5.74) is 1.96. The highest BCUT2D eigenvalue weighted by Gasteiger charge is 2.22. The van der Waals surface area contributed by atoms with Gasteiger partial charge in [-0.1, -0.05) is 41.7 Å². The zero-order valence-electron chi connectivity index (χ0n) is 15.4. The standard InChI is InChI=1S/C19H15F2N5OS2/c1-10-14(16-22-8-9-26(16)18(20)21)29-19(23-10)25-17(27)15-13(24-11(2)28-15)12-6-4-3-5-7-12/h3-9,18H,1-2H3,(H,23,25,27). The summed E-state index contributed by atoms with van der Waals surface area (Å²) in [6.45, 7) is 0.822. The van der Waals surface area contributed by atoms with E-state index in [4.69, 9.17) is 0 Å². The normalized spacial score (nSPS) is 11.2. The molecule has 6 nitrogen and oxygen atoms in total. The minimum absolute atomic E-state index is 0.120. The van der Waals surface area contributed by atoms with Crippen molar-refractivity contribution in [2.75, 3.05) is 5.32 Å². The van der Waals surface area contributed by atoms with E-state index in [0.29, 0.717) is 26.3 Å². The number of amides is 1. The predicted molar refractivity (Wildman–Crippen MR) is 110 cm³/mol. The fourth-order valence-electron chi connectivity index (χ4n) is 2.83. The van der Waals surface area contributed by atoms with E-state index in [2.05, 4.69) is 20.3 Å². The summed E-state index contributed by atoms with van der Waals surface area (Å²) in [5, 5.41) is 3.85. The van der Waals surface area contributed by atoms with Gasteiger partial charge in [-0.3, -0.25) is 14.7 Å². The van der Waals surface area contributed by atoms with E-state index < -0.39 is 6.55 Å². The Balaban J connectivity index is 1.63. The Labute approximate surface area is 172 Å². The van der Waals surface area contributed by atoms with Crippen LogP contribution in [0.15, 0.2) is 42.7 Å². The van der Waals surface area contributed by atoms with Crippen LogP contribution >= 0.6 is 22.7 Å². The van der Waals surface area contributed by atoms with E-state index in [1.807, 2.05) is 37.3 Å². The fourth-order valence-corrected chi connectivity index (χ4v) is 4.63. The maximum atomic E-state index is 13.2. The van der Waals surface area contributed by atoms with Crippen molar-refractivity contribution in [1.29, 1.82) is 0 Å². The molecular formula is C19H15F2N5OS2. The Morgan fingerprint density at radius 3 is 2.62 bits per heavy atom. The number of nitrogens with one attached hydrogen (secondary N) is 1. The van der Waals surface area contributed by atoms with Gasteiger partial charge in [-0.25, -0.2) is 15.0 Å². The van der Waals surface area contributed by atoms with Crippen LogP contribution in [0.3, 0.4) is 0 Å². The lowest BCUT2D eigenvalue weighted by molar-refractivity contribution is 0.0720. The van der Waals surface area contributed by atoms with Crippen LogP contribution in [0.1, 0.15) is 26.9 Å². The average Bonchev–Trinajstić information content (AvgIpc) is 3.40. The monoisotopic (exact) mass is 431 g/mol. The van der Waals surface area contributed by atoms with Gasteiger partial charge in [0.1, 0.15) is 4.88 Å². The lowest BCUT2D eigenvalue weighted by Gasteiger charge is -2.04. The molecule has 0 aliphatic rings. The lowest BCUT2D eigenvalue weighted by atomic mass is 10.1. The van der Waals surface area contributed by atoms with Crippen LogP contribution < -0.4 is 5.32 Å². The van der Waals surface area contributed by atoms with Gasteiger partial charge in [-0.05, 0) is 13.8 Å². The number of thiazole rings is 2. The van der Waals surface area contributed by atoms with Gasteiger partial charge in [-0.15, -0.1) is 11.3 Å². The highest BCUT2D eigenvalue weighted by Crippen LogP contribution is 2.34. The largest absolute Gasteiger partial charge is 0.320 e. The quantitative estimate of drug-likeness (QED) is 0.460. The Kier molecular flexibility index (Phi) is 5.20. The number of benzene rings is 1. The summed E-state index contributed by atoms with van der Waals surface area (Å²) in [6, 6.07) is 9.44. The molecule has 0 radical (unpaired) electrons. The number of rotatable bonds is 5. The third-order valence-electron chi connectivity index (χ3n) is 4.09. The van der Waals surface area contributed by atoms with Crippen molar-refractivity contribution in [3.8, 4) is 22.0 Å². The zero-order valence-corrected chi connectivity index (χ0v) is 17.0. The molecule has 1 aromatic carbocycles. The molecule has 0 aliphatic carbocycles. The number of carbonyl (C=O) groups excluding carboxylic acids is 1. The molecule has 0 unspecified atom stereocenters. The molecule has 0 bridgehead atoms. The van der Waals surface area contributed by atoms with Crippen LogP contribution in [-0.4, -0.2) is 25.4 Å². The van der Waals surface area contributed by atoms with Gasteiger partial charge >= 0.3 is 6.55 Å². The second-order valence-electron chi connectivity index (χ2n) is 6.10. The molecule has 0 atom stereocenters. The van der Waals surface area contributed by atoms with Crippen LogP contribution in [0.25, 0.3) is 22.0 Å². The van der Waals surface area contributed by atoms with Crippen LogP contribution in [0.5, 0.6) is 0 Å². The number of halogens is 2. The summed E-state index contributed by atoms with van der Waals surface area (Å²) >= 11 is 2.39. The SMILES string of the molecule is Cc1nc(-c2ccccc2)c(C(=O)Nc2nc(C)c(-c3nccn3C(F)F)s2)s1. The number of imidazole rings is 1. The minimum atomic E-state index is -2.71. The molecule has 0 saturated heterocycles. The summed E-state index contributed by atoms with van der Waals surface area (Å²) in [6.07, 6.45) is 2.52. The van der Waals surface area contributed by atoms with Crippen LogP contribution in [0.2, 0.25) is 0 Å². The molecule has 29 heavy (non-hydrogen) atoms. The Morgan fingerprint density at radius 2 is 1.90 bits per heavy atom. The number of nitrogens with zero attached hydrogens (tertiary/aromatic N) is 4. The van der Waals surface area contributed by atoms with Crippen molar-refractivity contribution in [2.45, 2.75) is 20.4 Å². The van der Waals surface area contributed by atoms with Gasteiger partial charge in [0.05, 0.1) is 21.3 Å². The molecule has 4 aromatic rings. The second-order valence-corrected chi connectivity index (χ2v) is 8.30.